The number of anilines is 1. The third kappa shape index (κ3) is 3.61. The van der Waals surface area contributed by atoms with Crippen LogP contribution in [-0.2, 0) is 16.6 Å². The van der Waals surface area contributed by atoms with Gasteiger partial charge in [0.25, 0.3) is 0 Å². The van der Waals surface area contributed by atoms with Crippen molar-refractivity contribution in [1.82, 2.24) is 20.2 Å². The summed E-state index contributed by atoms with van der Waals surface area (Å²) in [7, 11) is 1.76. The molecule has 0 atom stereocenters. The van der Waals surface area contributed by atoms with Gasteiger partial charge >= 0.3 is 0 Å². The Morgan fingerprint density at radius 2 is 2.25 bits per heavy atom. The highest BCUT2D eigenvalue weighted by molar-refractivity contribution is 5.92. The van der Waals surface area contributed by atoms with Gasteiger partial charge in [-0.2, -0.15) is 0 Å². The molecule has 0 aliphatic rings. The number of ether oxygens (including phenoxy) is 1. The van der Waals surface area contributed by atoms with Crippen molar-refractivity contribution >= 4 is 11.6 Å². The molecule has 0 saturated heterocycles. The van der Waals surface area contributed by atoms with Crippen molar-refractivity contribution < 1.29 is 9.53 Å². The van der Waals surface area contributed by atoms with Crippen LogP contribution in [0.5, 0.6) is 0 Å². The van der Waals surface area contributed by atoms with E-state index in [1.165, 1.54) is 0 Å². The second-order valence-electron chi connectivity index (χ2n) is 4.61. The topological polar surface area (TPSA) is 81.9 Å². The molecule has 2 rings (SSSR count). The van der Waals surface area contributed by atoms with Crippen molar-refractivity contribution in [3.8, 4) is 11.4 Å². The van der Waals surface area contributed by atoms with Crippen molar-refractivity contribution in [2.75, 3.05) is 11.9 Å². The molecular formula is C13H17N5O2. The number of tetrazole rings is 1. The molecule has 1 aromatic heterocycles. The number of aromatic nitrogens is 4. The largest absolute Gasteiger partial charge is 0.369 e. The zero-order valence-electron chi connectivity index (χ0n) is 11.7. The summed E-state index contributed by atoms with van der Waals surface area (Å²) in [6.07, 6.45) is 0.0248. The Hall–Kier alpha value is -2.28. The van der Waals surface area contributed by atoms with Gasteiger partial charge in [-0.05, 0) is 36.4 Å². The summed E-state index contributed by atoms with van der Waals surface area (Å²) in [5.41, 5.74) is 1.52. The summed E-state index contributed by atoms with van der Waals surface area (Å²) in [4.78, 5) is 11.7. The van der Waals surface area contributed by atoms with Crippen LogP contribution in [0.1, 0.15) is 13.8 Å². The molecule has 0 unspecified atom stereocenters. The molecule has 0 aliphatic carbocycles. The van der Waals surface area contributed by atoms with E-state index in [0.717, 1.165) is 5.56 Å². The quantitative estimate of drug-likeness (QED) is 0.887. The summed E-state index contributed by atoms with van der Waals surface area (Å²) >= 11 is 0. The van der Waals surface area contributed by atoms with Gasteiger partial charge in [0.15, 0.2) is 5.82 Å². The zero-order valence-corrected chi connectivity index (χ0v) is 11.7. The van der Waals surface area contributed by atoms with Crippen molar-refractivity contribution in [3.63, 3.8) is 0 Å². The lowest BCUT2D eigenvalue weighted by Crippen LogP contribution is -2.20. The van der Waals surface area contributed by atoms with Gasteiger partial charge in [0.05, 0.1) is 6.10 Å². The standard InChI is InChI=1S/C13H17N5O2/c1-9(2)20-8-12(19)14-11-6-4-5-10(7-11)13-15-16-17-18(13)3/h4-7,9H,8H2,1-3H3,(H,14,19). The molecule has 1 amide bonds. The fourth-order valence-electron chi connectivity index (χ4n) is 1.65. The Kier molecular flexibility index (Phi) is 4.41. The Balaban J connectivity index is 2.07. The highest BCUT2D eigenvalue weighted by Crippen LogP contribution is 2.19. The number of amides is 1. The van der Waals surface area contributed by atoms with Crippen LogP contribution in [0.2, 0.25) is 0 Å². The monoisotopic (exact) mass is 275 g/mol. The molecule has 0 bridgehead atoms. The number of carbonyl (C=O) groups is 1. The van der Waals surface area contributed by atoms with Crippen molar-refractivity contribution in [2.45, 2.75) is 20.0 Å². The Morgan fingerprint density at radius 1 is 1.45 bits per heavy atom. The van der Waals surface area contributed by atoms with Crippen LogP contribution >= 0.6 is 0 Å². The number of benzene rings is 1. The van der Waals surface area contributed by atoms with Gasteiger partial charge in [-0.3, -0.25) is 4.79 Å². The summed E-state index contributed by atoms with van der Waals surface area (Å²) < 4.78 is 6.82. The van der Waals surface area contributed by atoms with E-state index in [-0.39, 0.29) is 18.6 Å². The molecule has 20 heavy (non-hydrogen) atoms. The SMILES string of the molecule is CC(C)OCC(=O)Nc1cccc(-c2nnnn2C)c1. The average molecular weight is 275 g/mol. The summed E-state index contributed by atoms with van der Waals surface area (Å²) in [5, 5.41) is 14.1. The van der Waals surface area contributed by atoms with E-state index in [2.05, 4.69) is 20.8 Å². The maximum atomic E-state index is 11.7. The second-order valence-corrected chi connectivity index (χ2v) is 4.61. The van der Waals surface area contributed by atoms with Gasteiger partial charge in [0, 0.05) is 18.3 Å². The molecule has 106 valence electrons. The first kappa shape index (κ1) is 14.1. The summed E-state index contributed by atoms with van der Waals surface area (Å²) in [5.74, 6) is 0.450. The highest BCUT2D eigenvalue weighted by atomic mass is 16.5. The minimum Gasteiger partial charge on any atom is -0.369 e. The molecule has 0 saturated carbocycles. The predicted molar refractivity (Wildman–Crippen MR) is 74.0 cm³/mol. The number of nitrogens with one attached hydrogen (secondary N) is 1. The van der Waals surface area contributed by atoms with E-state index in [9.17, 15) is 4.79 Å². The summed E-state index contributed by atoms with van der Waals surface area (Å²) in [6, 6.07) is 7.34. The van der Waals surface area contributed by atoms with Crippen LogP contribution < -0.4 is 5.32 Å². The average Bonchev–Trinajstić information content (AvgIpc) is 2.83. The number of rotatable bonds is 5. The maximum absolute atomic E-state index is 11.7. The number of nitrogens with zero attached hydrogens (tertiary/aromatic N) is 4. The number of carbonyl (C=O) groups excluding carboxylic acids is 1. The molecule has 1 aromatic carbocycles. The number of aryl methyl sites for hydroxylation is 1. The molecule has 0 radical (unpaired) electrons. The van der Waals surface area contributed by atoms with E-state index in [1.54, 1.807) is 17.8 Å². The van der Waals surface area contributed by atoms with Crippen molar-refractivity contribution in [3.05, 3.63) is 24.3 Å². The van der Waals surface area contributed by atoms with Crippen LogP contribution in [0.4, 0.5) is 5.69 Å². The zero-order chi connectivity index (χ0) is 14.5. The molecule has 7 nitrogen and oxygen atoms in total. The minimum atomic E-state index is -0.188. The van der Waals surface area contributed by atoms with Gasteiger partial charge < -0.3 is 10.1 Å². The van der Waals surface area contributed by atoms with Gasteiger partial charge in [-0.25, -0.2) is 4.68 Å². The smallest absolute Gasteiger partial charge is 0.250 e. The third-order valence-corrected chi connectivity index (χ3v) is 2.57. The number of hydrogen-bond acceptors (Lipinski definition) is 5. The number of hydrogen-bond donors (Lipinski definition) is 1. The minimum absolute atomic E-state index is 0.0248. The molecule has 2 aromatic rings. The fraction of sp³-hybridized carbons (Fsp3) is 0.385. The molecule has 0 fully saturated rings. The van der Waals surface area contributed by atoms with Gasteiger partial charge in [-0.15, -0.1) is 5.10 Å². The van der Waals surface area contributed by atoms with Crippen molar-refractivity contribution in [2.24, 2.45) is 7.05 Å². The molecule has 1 heterocycles. The lowest BCUT2D eigenvalue weighted by atomic mass is 10.2. The van der Waals surface area contributed by atoms with E-state index < -0.39 is 0 Å². The van der Waals surface area contributed by atoms with Crippen LogP contribution in [-0.4, -0.2) is 38.8 Å². The summed E-state index contributed by atoms with van der Waals surface area (Å²) in [6.45, 7) is 3.80. The molecule has 0 aliphatic heterocycles. The van der Waals surface area contributed by atoms with Gasteiger partial charge in [0.1, 0.15) is 6.61 Å². The lowest BCUT2D eigenvalue weighted by molar-refractivity contribution is -0.121. The highest BCUT2D eigenvalue weighted by Gasteiger charge is 2.08. The van der Waals surface area contributed by atoms with Crippen LogP contribution in [0.3, 0.4) is 0 Å². The first-order valence-corrected chi connectivity index (χ1v) is 6.30. The van der Waals surface area contributed by atoms with E-state index in [0.29, 0.717) is 11.5 Å². The van der Waals surface area contributed by atoms with E-state index >= 15 is 0 Å². The fourth-order valence-corrected chi connectivity index (χ4v) is 1.65. The normalized spacial score (nSPS) is 10.8. The van der Waals surface area contributed by atoms with Gasteiger partial charge in [0.2, 0.25) is 5.91 Å². The predicted octanol–water partition coefficient (Wildman–Crippen LogP) is 1.24. The Morgan fingerprint density at radius 3 is 2.90 bits per heavy atom. The third-order valence-electron chi connectivity index (χ3n) is 2.57. The Bertz CT molecular complexity index is 594. The van der Waals surface area contributed by atoms with E-state index in [1.807, 2.05) is 32.0 Å². The first-order valence-electron chi connectivity index (χ1n) is 6.30. The van der Waals surface area contributed by atoms with Crippen LogP contribution in [0.15, 0.2) is 24.3 Å². The second kappa shape index (κ2) is 6.25. The first-order chi connectivity index (χ1) is 9.56. The van der Waals surface area contributed by atoms with Crippen LogP contribution in [0.25, 0.3) is 11.4 Å². The van der Waals surface area contributed by atoms with Crippen molar-refractivity contribution in [1.29, 1.82) is 0 Å². The molecule has 1 N–H and O–H groups in total. The van der Waals surface area contributed by atoms with Gasteiger partial charge in [-0.1, -0.05) is 12.1 Å². The van der Waals surface area contributed by atoms with E-state index in [4.69, 9.17) is 4.74 Å². The van der Waals surface area contributed by atoms with Crippen LogP contribution in [0, 0.1) is 0 Å². The Labute approximate surface area is 116 Å². The molecule has 0 spiro atoms. The maximum Gasteiger partial charge on any atom is 0.250 e. The molecular weight excluding hydrogens is 258 g/mol. The lowest BCUT2D eigenvalue weighted by Gasteiger charge is -2.09. The molecule has 7 heteroatoms.